The summed E-state index contributed by atoms with van der Waals surface area (Å²) < 4.78 is 11.1. The lowest BCUT2D eigenvalue weighted by Gasteiger charge is -2.61. The van der Waals surface area contributed by atoms with Crippen molar-refractivity contribution < 1.29 is 33.8 Å². The lowest BCUT2D eigenvalue weighted by Crippen LogP contribution is -2.62. The van der Waals surface area contributed by atoms with Gasteiger partial charge in [0, 0.05) is 16.9 Å². The number of hydrogen-bond donors (Lipinski definition) is 1. The van der Waals surface area contributed by atoms with Crippen LogP contribution in [0.15, 0.2) is 35.5 Å². The average molecular weight is 443 g/mol. The molecule has 5 atom stereocenters. The summed E-state index contributed by atoms with van der Waals surface area (Å²) in [5, 5.41) is 10.2. The molecular formula is C25H30O7. The first kappa shape index (κ1) is 22.5. The Morgan fingerprint density at radius 1 is 1.16 bits per heavy atom. The fourth-order valence-corrected chi connectivity index (χ4v) is 6.85. The van der Waals surface area contributed by atoms with Crippen molar-refractivity contribution >= 4 is 23.7 Å². The van der Waals surface area contributed by atoms with E-state index in [2.05, 4.69) is 6.58 Å². The third-order valence-electron chi connectivity index (χ3n) is 9.02. The zero-order valence-electron chi connectivity index (χ0n) is 19.5. The van der Waals surface area contributed by atoms with Crippen molar-refractivity contribution in [3.05, 3.63) is 35.5 Å². The van der Waals surface area contributed by atoms with Crippen molar-refractivity contribution in [1.29, 1.82) is 0 Å². The number of carboxylic acid groups (broad SMARTS) is 1. The molecule has 0 amide bonds. The molecule has 0 bridgehead atoms. The number of carbonyl (C=O) groups is 4. The van der Waals surface area contributed by atoms with E-state index in [0.717, 1.165) is 11.1 Å². The summed E-state index contributed by atoms with van der Waals surface area (Å²) in [6.45, 7) is 14.5. The maximum Gasteiger partial charge on any atom is 0.331 e. The van der Waals surface area contributed by atoms with Crippen molar-refractivity contribution in [2.75, 3.05) is 0 Å². The molecule has 1 saturated carbocycles. The minimum Gasteiger partial charge on any atom is -0.481 e. The predicted molar refractivity (Wildman–Crippen MR) is 114 cm³/mol. The Bertz CT molecular complexity index is 1060. The van der Waals surface area contributed by atoms with Gasteiger partial charge in [-0.05, 0) is 59.5 Å². The number of rotatable bonds is 1. The molecule has 2 heterocycles. The van der Waals surface area contributed by atoms with Crippen molar-refractivity contribution in [2.24, 2.45) is 21.7 Å². The van der Waals surface area contributed by atoms with Crippen LogP contribution in [0.3, 0.4) is 0 Å². The molecule has 4 rings (SSSR count). The molecule has 0 aromatic carbocycles. The van der Waals surface area contributed by atoms with Gasteiger partial charge in [0.25, 0.3) is 0 Å². The van der Waals surface area contributed by atoms with Gasteiger partial charge in [0.2, 0.25) is 0 Å². The van der Waals surface area contributed by atoms with Gasteiger partial charge < -0.3 is 14.6 Å². The topological polar surface area (TPSA) is 107 Å². The first-order valence-corrected chi connectivity index (χ1v) is 10.9. The molecule has 0 aromatic rings. The van der Waals surface area contributed by atoms with Crippen LogP contribution in [-0.4, -0.2) is 40.5 Å². The number of ether oxygens (including phenoxy) is 2. The molecule has 1 N–H and O–H groups in total. The normalized spacial score (nSPS) is 42.9. The van der Waals surface area contributed by atoms with E-state index >= 15 is 0 Å². The number of ketones is 1. The first-order valence-electron chi connectivity index (χ1n) is 10.9. The lowest BCUT2D eigenvalue weighted by molar-refractivity contribution is -0.165. The Kier molecular flexibility index (Phi) is 4.36. The molecule has 1 saturated heterocycles. The van der Waals surface area contributed by atoms with Crippen molar-refractivity contribution in [1.82, 2.24) is 0 Å². The molecule has 2 spiro atoms. The number of allylic oxidation sites excluding steroid dienone is 1. The Balaban J connectivity index is 2.08. The Morgan fingerprint density at radius 3 is 2.28 bits per heavy atom. The Morgan fingerprint density at radius 2 is 1.78 bits per heavy atom. The van der Waals surface area contributed by atoms with Gasteiger partial charge in [0.15, 0.2) is 17.3 Å². The van der Waals surface area contributed by atoms with E-state index in [9.17, 15) is 24.3 Å². The summed E-state index contributed by atoms with van der Waals surface area (Å²) >= 11 is 0. The van der Waals surface area contributed by atoms with Crippen LogP contribution < -0.4 is 0 Å². The van der Waals surface area contributed by atoms with Gasteiger partial charge in [-0.3, -0.25) is 14.4 Å². The second kappa shape index (κ2) is 6.21. The van der Waals surface area contributed by atoms with E-state index in [-0.39, 0.29) is 12.0 Å². The number of carboxylic acids is 1. The van der Waals surface area contributed by atoms with Gasteiger partial charge in [-0.15, -0.1) is 0 Å². The van der Waals surface area contributed by atoms with Gasteiger partial charge in [-0.2, -0.15) is 0 Å². The van der Waals surface area contributed by atoms with Gasteiger partial charge in [-0.1, -0.05) is 30.7 Å². The highest BCUT2D eigenvalue weighted by Crippen LogP contribution is 2.71. The molecule has 7 nitrogen and oxygen atoms in total. The van der Waals surface area contributed by atoms with Crippen LogP contribution in [-0.2, 0) is 28.7 Å². The van der Waals surface area contributed by atoms with E-state index < -0.39 is 57.1 Å². The van der Waals surface area contributed by atoms with Gasteiger partial charge in [0.05, 0.1) is 5.41 Å². The highest BCUT2D eigenvalue weighted by molar-refractivity contribution is 6.16. The number of cyclic esters (lactones) is 2. The average Bonchev–Trinajstić information content (AvgIpc) is 2.91. The van der Waals surface area contributed by atoms with Gasteiger partial charge in [0.1, 0.15) is 5.60 Å². The standard InChI is InChI=1S/C25H30O7/c1-13-16-12-22(6,19(28)29)15(3)25(18(27)14(2)31-20(25)30)23(16,7)10-11-24(13)9-8-17(26)32-21(24,4)5/h8-9,14H,3,10-12H2,1-2,4-7H3,(H,28,29). The van der Waals surface area contributed by atoms with E-state index in [4.69, 9.17) is 9.47 Å². The molecule has 7 heteroatoms. The number of fused-ring (bicyclic) bond motifs is 2. The zero-order valence-corrected chi connectivity index (χ0v) is 19.5. The van der Waals surface area contributed by atoms with E-state index in [1.165, 1.54) is 19.9 Å². The highest BCUT2D eigenvalue weighted by atomic mass is 16.6. The second-order valence-electron chi connectivity index (χ2n) is 10.6. The molecule has 0 radical (unpaired) electrons. The monoisotopic (exact) mass is 442 g/mol. The summed E-state index contributed by atoms with van der Waals surface area (Å²) in [6.07, 6.45) is 3.31. The fourth-order valence-electron chi connectivity index (χ4n) is 6.85. The molecule has 2 aliphatic heterocycles. The number of carbonyl (C=O) groups excluding carboxylic acids is 3. The van der Waals surface area contributed by atoms with Crippen LogP contribution in [0.25, 0.3) is 0 Å². The molecular weight excluding hydrogens is 412 g/mol. The largest absolute Gasteiger partial charge is 0.481 e. The molecule has 4 aliphatic rings. The van der Waals surface area contributed by atoms with Crippen molar-refractivity contribution in [2.45, 2.75) is 72.5 Å². The predicted octanol–water partition coefficient (Wildman–Crippen LogP) is 3.53. The Labute approximate surface area is 187 Å². The SMILES string of the molecule is C=C1C(C)(C(=O)O)CC2=C(C)C3(C=CC(=O)OC3(C)C)CCC2(C)C12C(=O)OC(C)C2=O. The molecule has 0 aromatic heterocycles. The highest BCUT2D eigenvalue weighted by Gasteiger charge is 2.75. The molecule has 2 fully saturated rings. The quantitative estimate of drug-likeness (QED) is 0.376. The van der Waals surface area contributed by atoms with Crippen LogP contribution in [0.4, 0.5) is 0 Å². The summed E-state index contributed by atoms with van der Waals surface area (Å²) in [4.78, 5) is 51.5. The number of esters is 2. The van der Waals surface area contributed by atoms with Crippen LogP contribution in [0.5, 0.6) is 0 Å². The van der Waals surface area contributed by atoms with E-state index in [1.54, 1.807) is 0 Å². The smallest absolute Gasteiger partial charge is 0.331 e. The number of aliphatic carboxylic acids is 1. The lowest BCUT2D eigenvalue weighted by atomic mass is 9.40. The minimum absolute atomic E-state index is 0.0942. The molecule has 5 unspecified atom stereocenters. The van der Waals surface area contributed by atoms with E-state index in [0.29, 0.717) is 12.8 Å². The number of hydrogen-bond acceptors (Lipinski definition) is 6. The zero-order chi connectivity index (χ0) is 24.1. The van der Waals surface area contributed by atoms with Gasteiger partial charge >= 0.3 is 17.9 Å². The van der Waals surface area contributed by atoms with Crippen LogP contribution in [0.2, 0.25) is 0 Å². The third-order valence-corrected chi connectivity index (χ3v) is 9.02. The summed E-state index contributed by atoms with van der Waals surface area (Å²) in [7, 11) is 0. The van der Waals surface area contributed by atoms with Crippen molar-refractivity contribution in [3.63, 3.8) is 0 Å². The molecule has 32 heavy (non-hydrogen) atoms. The Hall–Kier alpha value is -2.70. The number of Topliss-reactive ketones (excluding diaryl/α,β-unsaturated/α-hetero) is 1. The van der Waals surface area contributed by atoms with Crippen LogP contribution >= 0.6 is 0 Å². The maximum absolute atomic E-state index is 13.6. The summed E-state index contributed by atoms with van der Waals surface area (Å²) in [5.41, 5.74) is -4.19. The van der Waals surface area contributed by atoms with Gasteiger partial charge in [-0.25, -0.2) is 4.79 Å². The fraction of sp³-hybridized carbons (Fsp3) is 0.600. The van der Waals surface area contributed by atoms with Crippen molar-refractivity contribution in [3.8, 4) is 0 Å². The molecule has 172 valence electrons. The second-order valence-corrected chi connectivity index (χ2v) is 10.6. The summed E-state index contributed by atoms with van der Waals surface area (Å²) in [5.74, 6) is -2.73. The summed E-state index contributed by atoms with van der Waals surface area (Å²) in [6, 6.07) is 0. The maximum atomic E-state index is 13.6. The van der Waals surface area contributed by atoms with Crippen LogP contribution in [0.1, 0.15) is 60.8 Å². The first-order chi connectivity index (χ1) is 14.6. The minimum atomic E-state index is -1.77. The van der Waals surface area contributed by atoms with E-state index in [1.807, 2.05) is 33.8 Å². The third kappa shape index (κ3) is 2.22. The van der Waals surface area contributed by atoms with Crippen LogP contribution in [0, 0.1) is 21.7 Å². The molecule has 2 aliphatic carbocycles.